The molecule has 1 saturated heterocycles. The molecule has 44 heavy (non-hydrogen) atoms. The number of nitrogens with zero attached hydrogens (tertiary/aromatic N) is 4. The van der Waals surface area contributed by atoms with Crippen molar-refractivity contribution in [1.82, 2.24) is 30.2 Å². The maximum absolute atomic E-state index is 12.5. The van der Waals surface area contributed by atoms with Crippen LogP contribution in [0.4, 0.5) is 11.5 Å². The van der Waals surface area contributed by atoms with Crippen molar-refractivity contribution < 1.29 is 15.0 Å². The highest BCUT2D eigenvalue weighted by molar-refractivity contribution is 5.83. The van der Waals surface area contributed by atoms with Crippen molar-refractivity contribution in [2.75, 3.05) is 30.3 Å². The van der Waals surface area contributed by atoms with Gasteiger partial charge in [-0.3, -0.25) is 4.79 Å². The van der Waals surface area contributed by atoms with E-state index in [2.05, 4.69) is 84.8 Å². The molecular formula is C33H40N8O3. The number of aliphatic hydroxyl groups is 2. The number of hydrogen-bond donors (Lipinski definition) is 6. The van der Waals surface area contributed by atoms with Gasteiger partial charge in [-0.15, -0.1) is 0 Å². The Labute approximate surface area is 256 Å². The molecule has 230 valence electrons. The summed E-state index contributed by atoms with van der Waals surface area (Å²) in [5.41, 5.74) is 4.65. The first kappa shape index (κ1) is 28.7. The van der Waals surface area contributed by atoms with Gasteiger partial charge in [0.05, 0.1) is 18.4 Å². The molecule has 0 bridgehead atoms. The van der Waals surface area contributed by atoms with Gasteiger partial charge in [0.1, 0.15) is 24.1 Å². The number of imidazole rings is 1. The average molecular weight is 597 g/mol. The second-order valence-corrected chi connectivity index (χ2v) is 12.4. The van der Waals surface area contributed by atoms with Gasteiger partial charge in [-0.25, -0.2) is 15.0 Å². The fourth-order valence-electron chi connectivity index (χ4n) is 6.76. The Kier molecular flexibility index (Phi) is 8.16. The maximum Gasteiger partial charge on any atom is 0.223 e. The van der Waals surface area contributed by atoms with Crippen LogP contribution in [-0.4, -0.2) is 79.6 Å². The molecule has 1 aliphatic heterocycles. The zero-order chi connectivity index (χ0) is 30.0. The van der Waals surface area contributed by atoms with Gasteiger partial charge in [0.15, 0.2) is 11.5 Å². The molecule has 11 heteroatoms. The summed E-state index contributed by atoms with van der Waals surface area (Å²) in [6.45, 7) is 2.62. The number of aromatic nitrogens is 4. The summed E-state index contributed by atoms with van der Waals surface area (Å²) in [6, 6.07) is 18.5. The molecule has 3 heterocycles. The number of carbonyl (C=O) groups excluding carboxylic acids is 1. The number of rotatable bonds is 10. The standard InChI is InChI=1S/C33H40N8O3/c42-29-26(40-33(44)22-7-4-8-22)15-27(30(29)43)41-19-38-28-31(36-18-37-32(28)41)35-17-25(20-5-2-1-3-6-20)21-9-11-23(12-10-21)39-24-13-14-34-16-24/h1-3,5-6,9-12,18-19,22,24-27,29-30,34,39,42-43H,4,7-8,13-17H2,(H,40,44)(H,35,36,37)/t24?,25?,26-,27+,29+,30-/m0/s1. The van der Waals surface area contributed by atoms with E-state index in [0.717, 1.165) is 44.5 Å². The molecule has 7 rings (SSSR count). The van der Waals surface area contributed by atoms with Crippen LogP contribution in [0.3, 0.4) is 0 Å². The van der Waals surface area contributed by atoms with E-state index in [1.54, 1.807) is 10.9 Å². The van der Waals surface area contributed by atoms with Gasteiger partial charge < -0.3 is 36.0 Å². The minimum Gasteiger partial charge on any atom is -0.388 e. The lowest BCUT2D eigenvalue weighted by Gasteiger charge is -2.27. The summed E-state index contributed by atoms with van der Waals surface area (Å²) in [4.78, 5) is 26.2. The zero-order valence-electron chi connectivity index (χ0n) is 24.6. The number of carbonyl (C=O) groups is 1. The molecule has 3 aliphatic rings. The van der Waals surface area contributed by atoms with Gasteiger partial charge in [0.2, 0.25) is 5.91 Å². The van der Waals surface area contributed by atoms with E-state index in [4.69, 9.17) is 0 Å². The van der Waals surface area contributed by atoms with Crippen LogP contribution in [0, 0.1) is 5.92 Å². The SMILES string of the molecule is O=C(N[C@H]1C[C@@H](n2cnc3c(NCC(c4ccccc4)c4ccc(NC5CCNC5)cc4)ncnc32)[C@H](O)[C@@H]1O)C1CCC1. The summed E-state index contributed by atoms with van der Waals surface area (Å²) in [5.74, 6) is 0.641. The smallest absolute Gasteiger partial charge is 0.223 e. The van der Waals surface area contributed by atoms with Crippen LogP contribution in [0.25, 0.3) is 11.2 Å². The molecule has 6 N–H and O–H groups in total. The highest BCUT2D eigenvalue weighted by Crippen LogP contribution is 2.35. The molecule has 4 aromatic rings. The molecule has 2 saturated carbocycles. The summed E-state index contributed by atoms with van der Waals surface area (Å²) in [5, 5.41) is 35.2. The summed E-state index contributed by atoms with van der Waals surface area (Å²) in [7, 11) is 0. The third-order valence-corrected chi connectivity index (χ3v) is 9.59. The van der Waals surface area contributed by atoms with E-state index < -0.39 is 24.3 Å². The normalized spacial score (nSPS) is 25.9. The fraction of sp³-hybridized carbons (Fsp3) is 0.455. The van der Waals surface area contributed by atoms with Crippen molar-refractivity contribution in [3.63, 3.8) is 0 Å². The summed E-state index contributed by atoms with van der Waals surface area (Å²) >= 11 is 0. The van der Waals surface area contributed by atoms with Crippen LogP contribution < -0.4 is 21.3 Å². The zero-order valence-corrected chi connectivity index (χ0v) is 24.6. The Morgan fingerprint density at radius 3 is 2.50 bits per heavy atom. The molecule has 2 aromatic heterocycles. The Balaban J connectivity index is 1.08. The van der Waals surface area contributed by atoms with Gasteiger partial charge >= 0.3 is 0 Å². The molecule has 2 aromatic carbocycles. The van der Waals surface area contributed by atoms with E-state index in [1.165, 1.54) is 17.5 Å². The van der Waals surface area contributed by atoms with Crippen LogP contribution in [-0.2, 0) is 4.79 Å². The molecule has 0 radical (unpaired) electrons. The molecular weight excluding hydrogens is 556 g/mol. The Bertz CT molecular complexity index is 1570. The van der Waals surface area contributed by atoms with Crippen LogP contribution >= 0.6 is 0 Å². The predicted molar refractivity (Wildman–Crippen MR) is 168 cm³/mol. The lowest BCUT2D eigenvalue weighted by molar-refractivity contribution is -0.129. The first-order valence-electron chi connectivity index (χ1n) is 15.7. The van der Waals surface area contributed by atoms with E-state index in [-0.39, 0.29) is 17.7 Å². The number of hydrogen-bond acceptors (Lipinski definition) is 9. The van der Waals surface area contributed by atoms with E-state index in [9.17, 15) is 15.0 Å². The number of amides is 1. The monoisotopic (exact) mass is 596 g/mol. The Morgan fingerprint density at radius 1 is 0.977 bits per heavy atom. The third-order valence-electron chi connectivity index (χ3n) is 9.59. The number of benzene rings is 2. The number of aliphatic hydroxyl groups excluding tert-OH is 2. The lowest BCUT2D eigenvalue weighted by Crippen LogP contribution is -2.46. The van der Waals surface area contributed by atoms with Crippen molar-refractivity contribution in [2.45, 2.75) is 68.4 Å². The summed E-state index contributed by atoms with van der Waals surface area (Å²) < 4.78 is 1.80. The quantitative estimate of drug-likeness (QED) is 0.163. The largest absolute Gasteiger partial charge is 0.388 e. The molecule has 0 spiro atoms. The second kappa shape index (κ2) is 12.5. The van der Waals surface area contributed by atoms with E-state index >= 15 is 0 Å². The third kappa shape index (κ3) is 5.74. The van der Waals surface area contributed by atoms with Gasteiger partial charge in [0.25, 0.3) is 0 Å². The van der Waals surface area contributed by atoms with Crippen molar-refractivity contribution in [1.29, 1.82) is 0 Å². The fourth-order valence-corrected chi connectivity index (χ4v) is 6.76. The van der Waals surface area contributed by atoms with Crippen LogP contribution in [0.2, 0.25) is 0 Å². The van der Waals surface area contributed by atoms with Crippen LogP contribution in [0.5, 0.6) is 0 Å². The van der Waals surface area contributed by atoms with Crippen molar-refractivity contribution in [2.24, 2.45) is 5.92 Å². The van der Waals surface area contributed by atoms with E-state index in [0.29, 0.717) is 36.0 Å². The molecule has 2 aliphatic carbocycles. The molecule has 1 amide bonds. The van der Waals surface area contributed by atoms with Gasteiger partial charge in [-0.1, -0.05) is 48.9 Å². The van der Waals surface area contributed by atoms with Gasteiger partial charge in [-0.05, 0) is 55.5 Å². The van der Waals surface area contributed by atoms with Gasteiger partial charge in [0, 0.05) is 36.7 Å². The number of nitrogens with one attached hydrogen (secondary N) is 4. The summed E-state index contributed by atoms with van der Waals surface area (Å²) in [6.07, 6.45) is 5.34. The first-order chi connectivity index (χ1) is 21.5. The van der Waals surface area contributed by atoms with Crippen LogP contribution in [0.1, 0.15) is 55.2 Å². The minimum atomic E-state index is -1.07. The predicted octanol–water partition coefficient (Wildman–Crippen LogP) is 2.80. The van der Waals surface area contributed by atoms with Crippen molar-refractivity contribution >= 4 is 28.6 Å². The van der Waals surface area contributed by atoms with E-state index in [1.807, 2.05) is 6.07 Å². The number of anilines is 2. The first-order valence-corrected chi connectivity index (χ1v) is 15.7. The van der Waals surface area contributed by atoms with Crippen molar-refractivity contribution in [3.8, 4) is 0 Å². The molecule has 6 atom stereocenters. The molecule has 11 nitrogen and oxygen atoms in total. The molecule has 2 unspecified atom stereocenters. The maximum atomic E-state index is 12.5. The Morgan fingerprint density at radius 2 is 1.77 bits per heavy atom. The Hall–Kier alpha value is -4.06. The topological polar surface area (TPSA) is 149 Å². The minimum absolute atomic E-state index is 0.0117. The van der Waals surface area contributed by atoms with Crippen LogP contribution in [0.15, 0.2) is 67.3 Å². The highest BCUT2D eigenvalue weighted by Gasteiger charge is 2.44. The van der Waals surface area contributed by atoms with Gasteiger partial charge in [-0.2, -0.15) is 0 Å². The number of fused-ring (bicyclic) bond motifs is 1. The highest BCUT2D eigenvalue weighted by atomic mass is 16.3. The lowest BCUT2D eigenvalue weighted by atomic mass is 9.84. The second-order valence-electron chi connectivity index (χ2n) is 12.4. The van der Waals surface area contributed by atoms with Crippen molar-refractivity contribution in [3.05, 3.63) is 78.4 Å². The molecule has 3 fully saturated rings. The average Bonchev–Trinajstić information content (AvgIpc) is 3.75.